The van der Waals surface area contributed by atoms with Crippen LogP contribution in [-0.4, -0.2) is 76.5 Å². The first-order valence-electron chi connectivity index (χ1n) is 12.3. The lowest BCUT2D eigenvalue weighted by atomic mass is 9.79. The van der Waals surface area contributed by atoms with Crippen molar-refractivity contribution in [3.63, 3.8) is 0 Å². The zero-order valence-corrected chi connectivity index (χ0v) is 20.6. The molecular weight excluding hydrogens is 466 g/mol. The molecule has 0 aromatic heterocycles. The van der Waals surface area contributed by atoms with E-state index in [1.807, 2.05) is 25.2 Å². The van der Waals surface area contributed by atoms with Gasteiger partial charge in [0.1, 0.15) is 6.17 Å². The largest absolute Gasteiger partial charge is 0.344 e. The van der Waals surface area contributed by atoms with Crippen molar-refractivity contribution in [2.24, 2.45) is 4.99 Å². The smallest absolute Gasteiger partial charge is 0.319 e. The number of para-hydroxylation sites is 1. The van der Waals surface area contributed by atoms with Gasteiger partial charge in [0, 0.05) is 68.3 Å². The Hall–Kier alpha value is -2.92. The van der Waals surface area contributed by atoms with Crippen LogP contribution >= 0.6 is 0 Å². The Bertz CT molecular complexity index is 1160. The van der Waals surface area contributed by atoms with Crippen molar-refractivity contribution >= 4 is 34.4 Å². The van der Waals surface area contributed by atoms with E-state index in [0.29, 0.717) is 18.7 Å². The summed E-state index contributed by atoms with van der Waals surface area (Å²) in [5.74, 6) is 1.57. The summed E-state index contributed by atoms with van der Waals surface area (Å²) in [6.45, 7) is 2.10. The van der Waals surface area contributed by atoms with Crippen LogP contribution in [0.3, 0.4) is 0 Å². The average molecular weight is 498 g/mol. The van der Waals surface area contributed by atoms with E-state index in [1.54, 1.807) is 4.90 Å². The third-order valence-electron chi connectivity index (χ3n) is 7.82. The zero-order valence-electron chi connectivity index (χ0n) is 19.8. The highest BCUT2D eigenvalue weighted by Gasteiger charge is 2.43. The lowest BCUT2D eigenvalue weighted by molar-refractivity contribution is -0.132. The molecule has 3 atom stereocenters. The minimum atomic E-state index is -1.05. The third kappa shape index (κ3) is 4.00. The number of fused-ring (bicyclic) bond motifs is 2. The number of hydrogen-bond acceptors (Lipinski definition) is 7. The van der Waals surface area contributed by atoms with Gasteiger partial charge in [-0.15, -0.1) is 0 Å². The average Bonchev–Trinajstić information content (AvgIpc) is 3.23. The van der Waals surface area contributed by atoms with Gasteiger partial charge in [0.05, 0.1) is 21.2 Å². The lowest BCUT2D eigenvalue weighted by Crippen LogP contribution is -2.59. The molecule has 5 heterocycles. The maximum atomic E-state index is 12.8. The first-order chi connectivity index (χ1) is 16.9. The molecule has 11 heteroatoms. The van der Waals surface area contributed by atoms with E-state index >= 15 is 0 Å². The second-order valence-corrected chi connectivity index (χ2v) is 11.5. The first-order valence-corrected chi connectivity index (χ1v) is 13.6. The fraction of sp³-hybridized carbons (Fsp3) is 0.542. The second-order valence-electron chi connectivity index (χ2n) is 9.99. The van der Waals surface area contributed by atoms with Crippen molar-refractivity contribution in [1.82, 2.24) is 25.8 Å². The monoisotopic (exact) mass is 497 g/mol. The van der Waals surface area contributed by atoms with Crippen molar-refractivity contribution < 1.29 is 13.8 Å². The molecule has 0 radical (unpaired) electrons. The van der Waals surface area contributed by atoms with Crippen LogP contribution in [0.1, 0.15) is 37.7 Å². The minimum Gasteiger partial charge on any atom is -0.344 e. The van der Waals surface area contributed by atoms with Crippen LogP contribution in [0, 0.1) is 0 Å². The summed E-state index contributed by atoms with van der Waals surface area (Å²) < 4.78 is 12.8. The van der Waals surface area contributed by atoms with Gasteiger partial charge < -0.3 is 25.8 Å². The summed E-state index contributed by atoms with van der Waals surface area (Å²) in [7, 11) is 0.773. The van der Waals surface area contributed by atoms with E-state index in [4.69, 9.17) is 4.99 Å². The van der Waals surface area contributed by atoms with Gasteiger partial charge in [-0.25, -0.2) is 9.79 Å². The molecule has 0 saturated carbocycles. The molecule has 0 aliphatic carbocycles. The maximum absolute atomic E-state index is 12.8. The third-order valence-corrected chi connectivity index (χ3v) is 9.36. The number of aliphatic imine (C=N–C) groups is 1. The number of allylic oxidation sites excluding steroid dienone is 1. The summed E-state index contributed by atoms with van der Waals surface area (Å²) in [6, 6.07) is 7.95. The number of carbonyl (C=O) groups excluding carboxylic acids is 2. The summed E-state index contributed by atoms with van der Waals surface area (Å²) in [5, 5.41) is 13.2. The van der Waals surface area contributed by atoms with Gasteiger partial charge in [-0.3, -0.25) is 14.3 Å². The number of carbonyl (C=O) groups is 2. The molecule has 3 amide bonds. The number of hydrogen-bond donors (Lipinski definition) is 4. The highest BCUT2D eigenvalue weighted by molar-refractivity contribution is 7.89. The predicted molar refractivity (Wildman–Crippen MR) is 134 cm³/mol. The Morgan fingerprint density at radius 3 is 2.74 bits per heavy atom. The van der Waals surface area contributed by atoms with E-state index in [9.17, 15) is 13.8 Å². The standard InChI is InChI=1S/C24H31N7O3S/c1-30-14-15(6-7-19(30)32)25-21-20-18(8-13-35(20)34)26-22(28-21)31-11-9-24(10-12-31)16-4-2-3-5-17(16)27-23(33)29-24/h2-5,15,21,25H,6-14H2,1H3,(H,26,28)(H2,27,29,33)/t15-,21?,35?/m0/s1. The van der Waals surface area contributed by atoms with Crippen LogP contribution in [-0.2, 0) is 21.1 Å². The van der Waals surface area contributed by atoms with Crippen molar-refractivity contribution in [2.75, 3.05) is 37.8 Å². The van der Waals surface area contributed by atoms with Gasteiger partial charge in [0.2, 0.25) is 5.91 Å². The van der Waals surface area contributed by atoms with E-state index in [2.05, 4.69) is 32.2 Å². The fourth-order valence-electron chi connectivity index (χ4n) is 5.91. The molecule has 10 nitrogen and oxygen atoms in total. The van der Waals surface area contributed by atoms with Crippen LogP contribution in [0.5, 0.6) is 0 Å². The van der Waals surface area contributed by atoms with Crippen molar-refractivity contribution in [1.29, 1.82) is 0 Å². The van der Waals surface area contributed by atoms with Gasteiger partial charge in [-0.05, 0) is 25.3 Å². The summed E-state index contributed by atoms with van der Waals surface area (Å²) in [4.78, 5) is 34.1. The minimum absolute atomic E-state index is 0.114. The molecule has 2 saturated heterocycles. The molecule has 35 heavy (non-hydrogen) atoms. The molecule has 5 aliphatic heterocycles. The van der Waals surface area contributed by atoms with Crippen LogP contribution in [0.2, 0.25) is 0 Å². The zero-order chi connectivity index (χ0) is 24.2. The van der Waals surface area contributed by atoms with Gasteiger partial charge in [-0.1, -0.05) is 18.2 Å². The van der Waals surface area contributed by atoms with Crippen LogP contribution in [0.4, 0.5) is 10.5 Å². The number of rotatable bonds is 2. The molecule has 0 bridgehead atoms. The lowest BCUT2D eigenvalue weighted by Gasteiger charge is -2.46. The first kappa shape index (κ1) is 22.5. The van der Waals surface area contributed by atoms with Gasteiger partial charge in [-0.2, -0.15) is 0 Å². The Morgan fingerprint density at radius 2 is 1.94 bits per heavy atom. The Labute approximate surface area is 207 Å². The number of anilines is 1. The Kier molecular flexibility index (Phi) is 5.56. The molecule has 2 unspecified atom stereocenters. The van der Waals surface area contributed by atoms with E-state index in [0.717, 1.165) is 66.6 Å². The number of nitrogens with zero attached hydrogens (tertiary/aromatic N) is 3. The maximum Gasteiger partial charge on any atom is 0.319 e. The molecule has 5 aliphatic rings. The molecule has 1 aromatic carbocycles. The number of guanidine groups is 1. The van der Waals surface area contributed by atoms with Crippen LogP contribution in [0.15, 0.2) is 39.9 Å². The fourth-order valence-corrected chi connectivity index (χ4v) is 7.32. The molecule has 186 valence electrons. The van der Waals surface area contributed by atoms with E-state index < -0.39 is 10.8 Å². The SMILES string of the molecule is CN1C[C@@H](NC2N=C(N3CCC4(CC3)NC(=O)Nc3ccccc34)NC3=C2S(=O)CC3)CCC1=O. The summed E-state index contributed by atoms with van der Waals surface area (Å²) in [5.41, 5.74) is 2.62. The number of likely N-dealkylation sites (N-methyl/N-ethyl adjacent to an activating group) is 1. The van der Waals surface area contributed by atoms with Gasteiger partial charge >= 0.3 is 6.03 Å². The van der Waals surface area contributed by atoms with Crippen molar-refractivity contribution in [3.8, 4) is 0 Å². The molecule has 4 N–H and O–H groups in total. The van der Waals surface area contributed by atoms with E-state index in [1.165, 1.54) is 0 Å². The van der Waals surface area contributed by atoms with Gasteiger partial charge in [0.25, 0.3) is 0 Å². The molecule has 1 aromatic rings. The van der Waals surface area contributed by atoms with Crippen molar-refractivity contribution in [2.45, 2.75) is 49.9 Å². The number of piperidine rings is 2. The second kappa shape index (κ2) is 8.63. The topological polar surface area (TPSA) is 118 Å². The predicted octanol–water partition coefficient (Wildman–Crippen LogP) is 0.973. The number of nitrogens with one attached hydrogen (secondary N) is 4. The highest BCUT2D eigenvalue weighted by atomic mass is 32.2. The Balaban J connectivity index is 1.21. The number of likely N-dealkylation sites (tertiary alicyclic amines) is 2. The quantitative estimate of drug-likeness (QED) is 0.484. The summed E-state index contributed by atoms with van der Waals surface area (Å²) in [6.07, 6.45) is 3.20. The number of amides is 3. The summed E-state index contributed by atoms with van der Waals surface area (Å²) >= 11 is 0. The molecular formula is C24H31N7O3S. The van der Waals surface area contributed by atoms with Crippen molar-refractivity contribution in [3.05, 3.63) is 40.4 Å². The number of benzene rings is 1. The molecule has 1 spiro atoms. The van der Waals surface area contributed by atoms with Crippen LogP contribution in [0.25, 0.3) is 0 Å². The van der Waals surface area contributed by atoms with Gasteiger partial charge in [0.15, 0.2) is 5.96 Å². The molecule has 6 rings (SSSR count). The number of urea groups is 1. The normalized spacial score (nSPS) is 29.7. The van der Waals surface area contributed by atoms with Crippen LogP contribution < -0.4 is 21.3 Å². The Morgan fingerprint density at radius 1 is 1.14 bits per heavy atom. The molecule has 2 fully saturated rings. The highest BCUT2D eigenvalue weighted by Crippen LogP contribution is 2.40. The van der Waals surface area contributed by atoms with E-state index in [-0.39, 0.29) is 29.7 Å².